The number of fused-ring (bicyclic) bond motifs is 1. The van der Waals surface area contributed by atoms with Gasteiger partial charge in [0, 0.05) is 17.7 Å². The molecule has 0 atom stereocenters. The fourth-order valence-electron chi connectivity index (χ4n) is 2.17. The van der Waals surface area contributed by atoms with E-state index in [-0.39, 0.29) is 37.2 Å². The van der Waals surface area contributed by atoms with Crippen LogP contribution in [0.3, 0.4) is 0 Å². The average molecular weight is 329 g/mol. The fourth-order valence-corrected chi connectivity index (χ4v) is 2.17. The highest BCUT2D eigenvalue weighted by Crippen LogP contribution is 2.17. The van der Waals surface area contributed by atoms with Crippen LogP contribution in [0, 0.1) is 0 Å². The minimum absolute atomic E-state index is 0. The summed E-state index contributed by atoms with van der Waals surface area (Å²) in [6.45, 7) is 0.919. The van der Waals surface area contributed by atoms with Crippen molar-refractivity contribution in [2.75, 3.05) is 0 Å². The summed E-state index contributed by atoms with van der Waals surface area (Å²) in [6, 6.07) is 21.2. The molecule has 3 aromatic rings. The van der Waals surface area contributed by atoms with E-state index in [1.165, 1.54) is 16.3 Å². The Bertz CT molecular complexity index is 636. The molecule has 0 radical (unpaired) electrons. The summed E-state index contributed by atoms with van der Waals surface area (Å²) in [7, 11) is 0. The maximum Gasteiger partial charge on any atom is 0.174 e. The van der Waals surface area contributed by atoms with Crippen LogP contribution in [0.15, 0.2) is 73.1 Å². The molecule has 0 aliphatic rings. The molecule has 0 amide bonds. The van der Waals surface area contributed by atoms with Crippen molar-refractivity contribution in [3.05, 3.63) is 78.6 Å². The average Bonchev–Trinajstić information content (AvgIpc) is 2.40. The predicted molar refractivity (Wildman–Crippen MR) is 84.2 cm³/mol. The smallest absolute Gasteiger partial charge is 0.174 e. The first-order valence-corrected chi connectivity index (χ1v) is 5.84. The molecule has 4 heteroatoms. The van der Waals surface area contributed by atoms with Crippen molar-refractivity contribution in [3.63, 3.8) is 0 Å². The van der Waals surface area contributed by atoms with Gasteiger partial charge in [-0.1, -0.05) is 48.5 Å². The first kappa shape index (κ1) is 18.7. The topological polar surface area (TPSA) is 3.88 Å². The van der Waals surface area contributed by atoms with Crippen molar-refractivity contribution in [1.29, 1.82) is 0 Å². The maximum absolute atomic E-state index is 2.20. The third-order valence-electron chi connectivity index (χ3n) is 3.01. The van der Waals surface area contributed by atoms with E-state index < -0.39 is 0 Å². The summed E-state index contributed by atoms with van der Waals surface area (Å²) < 4.78 is 2.20. The highest BCUT2D eigenvalue weighted by molar-refractivity contribution is 5.86. The second-order valence-electron chi connectivity index (χ2n) is 4.19. The van der Waals surface area contributed by atoms with Gasteiger partial charge in [0.15, 0.2) is 18.9 Å². The van der Waals surface area contributed by atoms with Gasteiger partial charge in [-0.3, -0.25) is 0 Å². The fraction of sp³-hybridized carbons (Fsp3) is 0.0625. The second-order valence-corrected chi connectivity index (χ2v) is 4.19. The zero-order chi connectivity index (χ0) is 11.5. The van der Waals surface area contributed by atoms with Gasteiger partial charge < -0.3 is 12.4 Å². The lowest BCUT2D eigenvalue weighted by molar-refractivity contribution is -0.688. The molecule has 2 aromatic carbocycles. The van der Waals surface area contributed by atoms with E-state index in [9.17, 15) is 0 Å². The van der Waals surface area contributed by atoms with Crippen LogP contribution in [0.2, 0.25) is 0 Å². The first-order chi connectivity index (χ1) is 8.43. The van der Waals surface area contributed by atoms with Gasteiger partial charge >= 0.3 is 0 Å². The molecule has 106 valence electrons. The number of rotatable bonds is 2. The van der Waals surface area contributed by atoms with E-state index in [0.29, 0.717) is 0 Å². The van der Waals surface area contributed by atoms with Gasteiger partial charge in [-0.05, 0) is 10.8 Å². The van der Waals surface area contributed by atoms with Gasteiger partial charge in [0.05, 0.1) is 0 Å². The molecule has 1 aromatic heterocycles. The van der Waals surface area contributed by atoms with Crippen LogP contribution in [0.4, 0.5) is 0 Å². The van der Waals surface area contributed by atoms with Gasteiger partial charge in [0.25, 0.3) is 0 Å². The Morgan fingerprint density at radius 2 is 1.35 bits per heavy atom. The van der Waals surface area contributed by atoms with Crippen LogP contribution < -0.4 is 17.0 Å². The molecule has 0 fully saturated rings. The van der Waals surface area contributed by atoms with Crippen LogP contribution in [0.5, 0.6) is 0 Å². The minimum Gasteiger partial charge on any atom is -1.00 e. The number of nitrogens with zero attached hydrogens (tertiary/aromatic N) is 1. The number of aromatic nitrogens is 1. The summed E-state index contributed by atoms with van der Waals surface area (Å²) in [5.41, 5.74) is 1.36. The van der Waals surface area contributed by atoms with E-state index in [1.807, 2.05) is 6.07 Å². The van der Waals surface area contributed by atoms with Crippen LogP contribution in [-0.2, 0) is 6.54 Å². The van der Waals surface area contributed by atoms with Crippen molar-refractivity contribution in [2.45, 2.75) is 6.54 Å². The summed E-state index contributed by atoms with van der Waals surface area (Å²) >= 11 is 0. The molecule has 0 N–H and O–H groups in total. The SMILES string of the molecule is Cl.Cl.[Cl-].c1cc[n+](Cc2cccc3ccccc23)cc1. The maximum atomic E-state index is 2.20. The summed E-state index contributed by atoms with van der Waals surface area (Å²) in [6.07, 6.45) is 4.20. The number of hydrogen-bond donors (Lipinski definition) is 0. The van der Waals surface area contributed by atoms with Gasteiger partial charge in [-0.15, -0.1) is 24.8 Å². The highest BCUT2D eigenvalue weighted by Gasteiger charge is 2.04. The monoisotopic (exact) mass is 327 g/mol. The van der Waals surface area contributed by atoms with Crippen molar-refractivity contribution >= 4 is 35.6 Å². The third-order valence-corrected chi connectivity index (χ3v) is 3.01. The lowest BCUT2D eigenvalue weighted by atomic mass is 10.0. The lowest BCUT2D eigenvalue weighted by Gasteiger charge is -2.03. The van der Waals surface area contributed by atoms with E-state index in [1.54, 1.807) is 0 Å². The Hall–Kier alpha value is -1.28. The summed E-state index contributed by atoms with van der Waals surface area (Å²) in [4.78, 5) is 0. The molecule has 20 heavy (non-hydrogen) atoms. The molecule has 0 aliphatic heterocycles. The Balaban J connectivity index is 0.00000120. The molecule has 3 rings (SSSR count). The lowest BCUT2D eigenvalue weighted by Crippen LogP contribution is -3.00. The second kappa shape index (κ2) is 8.80. The number of hydrogen-bond acceptors (Lipinski definition) is 0. The van der Waals surface area contributed by atoms with Crippen LogP contribution in [0.1, 0.15) is 5.56 Å². The molecule has 0 spiro atoms. The first-order valence-electron chi connectivity index (χ1n) is 5.84. The highest BCUT2D eigenvalue weighted by atomic mass is 35.5. The molecule has 0 aliphatic carbocycles. The number of benzene rings is 2. The Morgan fingerprint density at radius 3 is 2.10 bits per heavy atom. The molecule has 0 bridgehead atoms. The van der Waals surface area contributed by atoms with Gasteiger partial charge in [0.2, 0.25) is 0 Å². The van der Waals surface area contributed by atoms with E-state index in [4.69, 9.17) is 0 Å². The standard InChI is InChI=1S/C16H14N.3ClH/c1-4-11-17(12-5-1)13-15-9-6-8-14-7-2-3-10-16(14)15;;;/h1-12H,13H2;3*1H/q+1;;;/p-1. The zero-order valence-electron chi connectivity index (χ0n) is 10.8. The number of halogens is 3. The summed E-state index contributed by atoms with van der Waals surface area (Å²) in [5, 5.41) is 2.65. The molecule has 0 unspecified atom stereocenters. The Kier molecular flexibility index (Phi) is 8.24. The van der Waals surface area contributed by atoms with Crippen LogP contribution in [-0.4, -0.2) is 0 Å². The molecule has 1 nitrogen and oxygen atoms in total. The quantitative estimate of drug-likeness (QED) is 0.619. The van der Waals surface area contributed by atoms with Crippen LogP contribution >= 0.6 is 24.8 Å². The number of pyridine rings is 1. The summed E-state index contributed by atoms with van der Waals surface area (Å²) in [5.74, 6) is 0. The van der Waals surface area contributed by atoms with Crippen molar-refractivity contribution < 1.29 is 17.0 Å². The minimum atomic E-state index is 0. The molecular formula is C16H16Cl3N. The Morgan fingerprint density at radius 1 is 0.700 bits per heavy atom. The largest absolute Gasteiger partial charge is 1.00 e. The third kappa shape index (κ3) is 4.11. The van der Waals surface area contributed by atoms with Crippen molar-refractivity contribution in [3.8, 4) is 0 Å². The van der Waals surface area contributed by atoms with E-state index >= 15 is 0 Å². The molecule has 0 saturated heterocycles. The normalized spacial score (nSPS) is 9.00. The van der Waals surface area contributed by atoms with Gasteiger partial charge in [0.1, 0.15) is 0 Å². The molecular weight excluding hydrogens is 313 g/mol. The Labute approximate surface area is 137 Å². The molecule has 1 heterocycles. The molecule has 0 saturated carbocycles. The van der Waals surface area contributed by atoms with Gasteiger partial charge in [-0.25, -0.2) is 4.57 Å². The zero-order valence-corrected chi connectivity index (χ0v) is 13.2. The predicted octanol–water partition coefficient (Wildman–Crippen LogP) is 1.02. The van der Waals surface area contributed by atoms with Crippen LogP contribution in [0.25, 0.3) is 10.8 Å². The van der Waals surface area contributed by atoms with Gasteiger partial charge in [-0.2, -0.15) is 0 Å². The van der Waals surface area contributed by atoms with Crippen molar-refractivity contribution in [1.82, 2.24) is 0 Å². The van der Waals surface area contributed by atoms with E-state index in [0.717, 1.165) is 6.54 Å². The van der Waals surface area contributed by atoms with E-state index in [2.05, 4.69) is 71.6 Å². The van der Waals surface area contributed by atoms with Crippen molar-refractivity contribution in [2.24, 2.45) is 0 Å².